The average molecular weight is 150 g/mol. The summed E-state index contributed by atoms with van der Waals surface area (Å²) in [6, 6.07) is 0. The quantitative estimate of drug-likeness (QED) is 0.554. The number of aryl methyl sites for hydroxylation is 1. The third-order valence-corrected chi connectivity index (χ3v) is 1.16. The Morgan fingerprint density at radius 2 is 1.90 bits per heavy atom. The Kier molecular flexibility index (Phi) is 1.46. The van der Waals surface area contributed by atoms with E-state index in [-0.39, 0.29) is 5.56 Å². The topological polar surface area (TPSA) is 13.1 Å². The highest BCUT2D eigenvalue weighted by Crippen LogP contribution is 2.31. The molecule has 1 nitrogen and oxygen atoms in total. The Balaban J connectivity index is 3.05. The standard InChI is InChI=1S/C6H5F3O/c1-4-2-10-3-5(4)6(7,8)9/h2-3H,1H3. The second kappa shape index (κ2) is 2.04. The summed E-state index contributed by atoms with van der Waals surface area (Å²) in [5.41, 5.74) is -0.583. The van der Waals surface area contributed by atoms with Gasteiger partial charge in [-0.1, -0.05) is 0 Å². The van der Waals surface area contributed by atoms with Crippen LogP contribution in [0.25, 0.3) is 0 Å². The minimum absolute atomic E-state index is 0.118. The van der Waals surface area contributed by atoms with Crippen molar-refractivity contribution in [2.45, 2.75) is 13.1 Å². The average Bonchev–Trinajstić information content (AvgIpc) is 2.11. The van der Waals surface area contributed by atoms with E-state index in [1.54, 1.807) is 0 Å². The molecule has 0 aliphatic rings. The van der Waals surface area contributed by atoms with Crippen molar-refractivity contribution in [2.75, 3.05) is 0 Å². The molecule has 1 rings (SSSR count). The number of furan rings is 1. The molecule has 0 aliphatic heterocycles. The van der Waals surface area contributed by atoms with E-state index in [1.807, 2.05) is 0 Å². The van der Waals surface area contributed by atoms with Crippen LogP contribution < -0.4 is 0 Å². The smallest absolute Gasteiger partial charge is 0.419 e. The molecule has 1 aromatic heterocycles. The zero-order chi connectivity index (χ0) is 7.78. The lowest BCUT2D eigenvalue weighted by atomic mass is 10.2. The van der Waals surface area contributed by atoms with E-state index in [4.69, 9.17) is 0 Å². The number of rotatable bonds is 0. The van der Waals surface area contributed by atoms with Crippen molar-refractivity contribution in [2.24, 2.45) is 0 Å². The third kappa shape index (κ3) is 1.15. The third-order valence-electron chi connectivity index (χ3n) is 1.16. The van der Waals surface area contributed by atoms with Gasteiger partial charge in [0.25, 0.3) is 0 Å². The van der Waals surface area contributed by atoms with Gasteiger partial charge in [0.15, 0.2) is 0 Å². The number of halogens is 3. The number of hydrogen-bond acceptors (Lipinski definition) is 1. The van der Waals surface area contributed by atoms with Crippen LogP contribution in [0, 0.1) is 6.92 Å². The van der Waals surface area contributed by atoms with Crippen molar-refractivity contribution in [3.8, 4) is 0 Å². The SMILES string of the molecule is Cc1cocc1C(F)(F)F. The highest BCUT2D eigenvalue weighted by atomic mass is 19.4. The summed E-state index contributed by atoms with van der Waals surface area (Å²) in [6.45, 7) is 1.35. The van der Waals surface area contributed by atoms with Gasteiger partial charge in [-0.3, -0.25) is 0 Å². The van der Waals surface area contributed by atoms with Crippen LogP contribution >= 0.6 is 0 Å². The van der Waals surface area contributed by atoms with E-state index in [2.05, 4.69) is 4.42 Å². The molecule has 56 valence electrons. The molecule has 0 fully saturated rings. The van der Waals surface area contributed by atoms with Crippen LogP contribution in [0.15, 0.2) is 16.9 Å². The van der Waals surface area contributed by atoms with Gasteiger partial charge >= 0.3 is 6.18 Å². The number of alkyl halides is 3. The maximum atomic E-state index is 11.8. The molecule has 0 unspecified atom stereocenters. The van der Waals surface area contributed by atoms with Gasteiger partial charge in [0.2, 0.25) is 0 Å². The van der Waals surface area contributed by atoms with Gasteiger partial charge < -0.3 is 4.42 Å². The van der Waals surface area contributed by atoms with Gasteiger partial charge in [-0.15, -0.1) is 0 Å². The molecule has 1 heterocycles. The molecular weight excluding hydrogens is 145 g/mol. The first-order valence-electron chi connectivity index (χ1n) is 2.62. The van der Waals surface area contributed by atoms with Crippen LogP contribution in [0.5, 0.6) is 0 Å². The lowest BCUT2D eigenvalue weighted by Crippen LogP contribution is -2.04. The van der Waals surface area contributed by atoms with Crippen molar-refractivity contribution in [3.05, 3.63) is 23.7 Å². The zero-order valence-corrected chi connectivity index (χ0v) is 5.20. The predicted molar refractivity (Wildman–Crippen MR) is 28.4 cm³/mol. The summed E-state index contributed by atoms with van der Waals surface area (Å²) < 4.78 is 39.8. The van der Waals surface area contributed by atoms with Crippen LogP contribution in [0.1, 0.15) is 11.1 Å². The zero-order valence-electron chi connectivity index (χ0n) is 5.20. The largest absolute Gasteiger partial charge is 0.472 e. The van der Waals surface area contributed by atoms with E-state index in [0.29, 0.717) is 6.26 Å². The fourth-order valence-corrected chi connectivity index (χ4v) is 0.651. The first-order valence-corrected chi connectivity index (χ1v) is 2.62. The summed E-state index contributed by atoms with van der Waals surface area (Å²) in [6.07, 6.45) is -2.50. The van der Waals surface area contributed by atoms with Crippen molar-refractivity contribution < 1.29 is 17.6 Å². The van der Waals surface area contributed by atoms with Gasteiger partial charge in [0.05, 0.1) is 11.8 Å². The van der Waals surface area contributed by atoms with E-state index in [0.717, 1.165) is 6.26 Å². The summed E-state index contributed by atoms with van der Waals surface area (Å²) in [7, 11) is 0. The lowest BCUT2D eigenvalue weighted by molar-refractivity contribution is -0.138. The second-order valence-corrected chi connectivity index (χ2v) is 1.97. The first kappa shape index (κ1) is 7.18. The van der Waals surface area contributed by atoms with Crippen LogP contribution in [0.3, 0.4) is 0 Å². The van der Waals surface area contributed by atoms with E-state index in [1.165, 1.54) is 6.92 Å². The number of hydrogen-bond donors (Lipinski definition) is 0. The Bertz CT molecular complexity index is 223. The molecule has 10 heavy (non-hydrogen) atoms. The minimum Gasteiger partial charge on any atom is -0.472 e. The molecule has 0 N–H and O–H groups in total. The summed E-state index contributed by atoms with van der Waals surface area (Å²) >= 11 is 0. The monoisotopic (exact) mass is 150 g/mol. The lowest BCUT2D eigenvalue weighted by Gasteiger charge is -2.01. The molecule has 0 saturated heterocycles. The van der Waals surface area contributed by atoms with Crippen LogP contribution in [0.2, 0.25) is 0 Å². The fourth-order valence-electron chi connectivity index (χ4n) is 0.651. The van der Waals surface area contributed by atoms with Gasteiger partial charge in [-0.2, -0.15) is 13.2 Å². The van der Waals surface area contributed by atoms with Crippen LogP contribution in [-0.4, -0.2) is 0 Å². The normalized spacial score (nSPS) is 12.0. The Labute approximate surface area is 55.5 Å². The molecule has 0 atom stereocenters. The van der Waals surface area contributed by atoms with Crippen molar-refractivity contribution in [1.82, 2.24) is 0 Å². The molecule has 1 aromatic rings. The highest BCUT2D eigenvalue weighted by molar-refractivity contribution is 5.21. The summed E-state index contributed by atoms with van der Waals surface area (Å²) in [5.74, 6) is 0. The van der Waals surface area contributed by atoms with E-state index >= 15 is 0 Å². The first-order chi connectivity index (χ1) is 4.52. The molecule has 0 saturated carbocycles. The van der Waals surface area contributed by atoms with Crippen molar-refractivity contribution >= 4 is 0 Å². The summed E-state index contributed by atoms with van der Waals surface area (Å²) in [5, 5.41) is 0. The highest BCUT2D eigenvalue weighted by Gasteiger charge is 2.33. The van der Waals surface area contributed by atoms with Gasteiger partial charge in [-0.05, 0) is 12.5 Å². The molecular formula is C6H5F3O. The van der Waals surface area contributed by atoms with Gasteiger partial charge in [-0.25, -0.2) is 0 Å². The van der Waals surface area contributed by atoms with Gasteiger partial charge in [0.1, 0.15) is 6.26 Å². The summed E-state index contributed by atoms with van der Waals surface area (Å²) in [4.78, 5) is 0. The molecule has 0 bridgehead atoms. The minimum atomic E-state index is -4.28. The molecule has 0 amide bonds. The maximum absolute atomic E-state index is 11.8. The molecule has 0 radical (unpaired) electrons. The Hall–Kier alpha value is -0.930. The van der Waals surface area contributed by atoms with Crippen LogP contribution in [-0.2, 0) is 6.18 Å². The van der Waals surface area contributed by atoms with E-state index in [9.17, 15) is 13.2 Å². The van der Waals surface area contributed by atoms with E-state index < -0.39 is 11.7 Å². The maximum Gasteiger partial charge on any atom is 0.419 e. The molecule has 0 aromatic carbocycles. The molecule has 0 aliphatic carbocycles. The predicted octanol–water partition coefficient (Wildman–Crippen LogP) is 2.61. The second-order valence-electron chi connectivity index (χ2n) is 1.97. The fraction of sp³-hybridized carbons (Fsp3) is 0.333. The molecule has 4 heteroatoms. The Morgan fingerprint density at radius 1 is 1.30 bits per heavy atom. The van der Waals surface area contributed by atoms with Crippen LogP contribution in [0.4, 0.5) is 13.2 Å². The van der Waals surface area contributed by atoms with Crippen molar-refractivity contribution in [3.63, 3.8) is 0 Å². The molecule has 0 spiro atoms. The van der Waals surface area contributed by atoms with Gasteiger partial charge in [0, 0.05) is 0 Å². The van der Waals surface area contributed by atoms with Crippen molar-refractivity contribution in [1.29, 1.82) is 0 Å². The Morgan fingerprint density at radius 3 is 2.10 bits per heavy atom.